The Kier molecular flexibility index (Phi) is 14.7. The fourth-order valence-corrected chi connectivity index (χ4v) is 4.19. The van der Waals surface area contributed by atoms with Crippen molar-refractivity contribution in [2.45, 2.75) is 86.6 Å². The molecule has 1 heterocycles. The molecular formula is C32H48N4O3S. The summed E-state index contributed by atoms with van der Waals surface area (Å²) < 4.78 is 9.08. The van der Waals surface area contributed by atoms with Gasteiger partial charge in [-0.2, -0.15) is 4.98 Å². The van der Waals surface area contributed by atoms with E-state index in [1.54, 1.807) is 18.2 Å². The van der Waals surface area contributed by atoms with E-state index in [1.807, 2.05) is 58.0 Å². The highest BCUT2D eigenvalue weighted by Gasteiger charge is 2.14. The van der Waals surface area contributed by atoms with Crippen molar-refractivity contribution < 1.29 is 14.6 Å². The molecule has 1 aromatic heterocycles. The number of hydrogen-bond donors (Lipinski definition) is 3. The number of anilines is 1. The molecule has 4 N–H and O–H groups in total. The molecular weight excluding hydrogens is 520 g/mol. The van der Waals surface area contributed by atoms with Crippen molar-refractivity contribution in [1.29, 1.82) is 0 Å². The van der Waals surface area contributed by atoms with Gasteiger partial charge in [-0.25, -0.2) is 9.78 Å². The van der Waals surface area contributed by atoms with Crippen molar-refractivity contribution >= 4 is 23.9 Å². The first-order chi connectivity index (χ1) is 18.7. The SMILES string of the molecule is CC.CC(C)(C)C.Cc1cccc(C)c1-c1cc(OCC(N)CC(C)C)nc(NSc2cccc(C(=O)O)c2)n1. The number of nitrogens with two attached hydrogens (primary N) is 1. The van der Waals surface area contributed by atoms with Crippen molar-refractivity contribution in [3.63, 3.8) is 0 Å². The van der Waals surface area contributed by atoms with Crippen LogP contribution in [-0.4, -0.2) is 33.7 Å². The number of hydrogen-bond acceptors (Lipinski definition) is 7. The van der Waals surface area contributed by atoms with E-state index in [0.29, 0.717) is 29.8 Å². The van der Waals surface area contributed by atoms with Crippen molar-refractivity contribution in [2.75, 3.05) is 11.3 Å². The zero-order valence-electron chi connectivity index (χ0n) is 25.8. The summed E-state index contributed by atoms with van der Waals surface area (Å²) in [4.78, 5) is 21.2. The second-order valence-electron chi connectivity index (χ2n) is 11.4. The lowest BCUT2D eigenvalue weighted by molar-refractivity contribution is 0.0696. The highest BCUT2D eigenvalue weighted by Crippen LogP contribution is 2.30. The molecule has 8 heteroatoms. The van der Waals surface area contributed by atoms with E-state index in [1.165, 1.54) is 11.9 Å². The molecule has 0 spiro atoms. The van der Waals surface area contributed by atoms with Crippen LogP contribution >= 0.6 is 11.9 Å². The van der Waals surface area contributed by atoms with E-state index >= 15 is 0 Å². The molecule has 1 unspecified atom stereocenters. The van der Waals surface area contributed by atoms with Crippen LogP contribution in [0, 0.1) is 25.2 Å². The summed E-state index contributed by atoms with van der Waals surface area (Å²) in [5.74, 6) is 0.311. The minimum atomic E-state index is -0.973. The van der Waals surface area contributed by atoms with Crippen LogP contribution < -0.4 is 15.2 Å². The van der Waals surface area contributed by atoms with Crippen LogP contribution in [0.2, 0.25) is 0 Å². The van der Waals surface area contributed by atoms with E-state index in [9.17, 15) is 9.90 Å². The number of nitrogens with zero attached hydrogens (tertiary/aromatic N) is 2. The van der Waals surface area contributed by atoms with Gasteiger partial charge in [0.15, 0.2) is 0 Å². The molecule has 0 saturated heterocycles. The lowest BCUT2D eigenvalue weighted by atomic mass is 10.00. The van der Waals surface area contributed by atoms with Gasteiger partial charge in [0, 0.05) is 22.6 Å². The predicted octanol–water partition coefficient (Wildman–Crippen LogP) is 8.41. The average molecular weight is 569 g/mol. The maximum atomic E-state index is 11.2. The zero-order valence-corrected chi connectivity index (χ0v) is 26.6. The van der Waals surface area contributed by atoms with Gasteiger partial charge in [-0.15, -0.1) is 0 Å². The summed E-state index contributed by atoms with van der Waals surface area (Å²) in [5.41, 5.74) is 10.9. The van der Waals surface area contributed by atoms with Crippen LogP contribution in [0.15, 0.2) is 53.4 Å². The smallest absolute Gasteiger partial charge is 0.335 e. The monoisotopic (exact) mass is 568 g/mol. The standard InChI is InChI=1S/C25H30N4O3S.C5H12.C2H6/c1-15(2)11-19(26)14-32-22-13-21(23-16(3)7-5-8-17(23)4)27-25(28-22)29-33-20-10-6-9-18(12-20)24(30)31;1-5(2,3)4;1-2/h5-10,12-13,15,19H,11,14,26H2,1-4H3,(H,30,31)(H,27,28,29);1-4H3;1-2H3. The Balaban J connectivity index is 0.00000103. The van der Waals surface area contributed by atoms with E-state index in [-0.39, 0.29) is 11.6 Å². The van der Waals surface area contributed by atoms with E-state index in [2.05, 4.69) is 51.2 Å². The predicted molar refractivity (Wildman–Crippen MR) is 169 cm³/mol. The number of aryl methyl sites for hydroxylation is 2. The Hall–Kier alpha value is -3.10. The van der Waals surface area contributed by atoms with Gasteiger partial charge in [0.2, 0.25) is 11.8 Å². The number of carbonyl (C=O) groups is 1. The zero-order chi connectivity index (χ0) is 30.5. The van der Waals surface area contributed by atoms with E-state index in [4.69, 9.17) is 15.5 Å². The van der Waals surface area contributed by atoms with Gasteiger partial charge < -0.3 is 15.6 Å². The normalized spacial score (nSPS) is 11.5. The molecule has 40 heavy (non-hydrogen) atoms. The third kappa shape index (κ3) is 13.3. The Labute approximate surface area is 245 Å². The Morgan fingerprint density at radius 1 is 1.02 bits per heavy atom. The summed E-state index contributed by atoms with van der Waals surface area (Å²) in [7, 11) is 0. The van der Waals surface area contributed by atoms with Gasteiger partial charge in [-0.3, -0.25) is 4.72 Å². The van der Waals surface area contributed by atoms with E-state index < -0.39 is 5.97 Å². The highest BCUT2D eigenvalue weighted by molar-refractivity contribution is 8.00. The first kappa shape index (κ1) is 34.9. The number of nitrogens with one attached hydrogen (secondary N) is 1. The third-order valence-corrected chi connectivity index (χ3v) is 5.77. The molecule has 0 aliphatic rings. The molecule has 0 saturated carbocycles. The molecule has 7 nitrogen and oxygen atoms in total. The van der Waals surface area contributed by atoms with Gasteiger partial charge in [-0.1, -0.05) is 79.7 Å². The minimum absolute atomic E-state index is 0.0897. The summed E-state index contributed by atoms with van der Waals surface area (Å²) in [6, 6.07) is 14.5. The molecule has 1 atom stereocenters. The van der Waals surface area contributed by atoms with Crippen LogP contribution in [0.3, 0.4) is 0 Å². The van der Waals surface area contributed by atoms with Crippen LogP contribution in [0.4, 0.5) is 5.95 Å². The molecule has 0 bridgehead atoms. The number of aromatic nitrogens is 2. The maximum Gasteiger partial charge on any atom is 0.335 e. The van der Waals surface area contributed by atoms with Gasteiger partial charge in [0.05, 0.1) is 11.3 Å². The lowest BCUT2D eigenvalue weighted by Crippen LogP contribution is -2.29. The first-order valence-corrected chi connectivity index (χ1v) is 14.6. The summed E-state index contributed by atoms with van der Waals surface area (Å²) in [5, 5.41) is 9.22. The molecule has 0 aliphatic heterocycles. The van der Waals surface area contributed by atoms with Crippen molar-refractivity contribution in [3.05, 3.63) is 65.2 Å². The Morgan fingerprint density at radius 2 is 1.60 bits per heavy atom. The molecule has 3 rings (SSSR count). The number of benzene rings is 2. The fraction of sp³-hybridized carbons (Fsp3) is 0.469. The third-order valence-electron chi connectivity index (χ3n) is 5.00. The number of aromatic carboxylic acids is 1. The topological polar surface area (TPSA) is 110 Å². The van der Waals surface area contributed by atoms with Crippen molar-refractivity contribution in [1.82, 2.24) is 9.97 Å². The number of carboxylic acid groups (broad SMARTS) is 1. The molecule has 3 aromatic rings. The molecule has 0 aliphatic carbocycles. The number of rotatable bonds is 10. The van der Waals surface area contributed by atoms with Crippen LogP contribution in [-0.2, 0) is 0 Å². The van der Waals surface area contributed by atoms with Crippen LogP contribution in [0.25, 0.3) is 11.3 Å². The molecule has 0 fully saturated rings. The molecule has 0 amide bonds. The summed E-state index contributed by atoms with van der Waals surface area (Å²) in [6.45, 7) is 21.4. The second-order valence-corrected chi connectivity index (χ2v) is 12.3. The lowest BCUT2D eigenvalue weighted by Gasteiger charge is -2.16. The molecule has 0 radical (unpaired) electrons. The molecule has 2 aromatic carbocycles. The fourth-order valence-electron chi connectivity index (χ4n) is 3.55. The average Bonchev–Trinajstić information content (AvgIpc) is 2.86. The number of ether oxygens (including phenoxy) is 1. The van der Waals surface area contributed by atoms with Crippen LogP contribution in [0.1, 0.15) is 83.3 Å². The minimum Gasteiger partial charge on any atom is -0.478 e. The summed E-state index contributed by atoms with van der Waals surface area (Å²) >= 11 is 1.24. The van der Waals surface area contributed by atoms with Gasteiger partial charge >= 0.3 is 5.97 Å². The maximum absolute atomic E-state index is 11.2. The molecule has 220 valence electrons. The van der Waals surface area contributed by atoms with Crippen molar-refractivity contribution in [2.24, 2.45) is 17.1 Å². The van der Waals surface area contributed by atoms with Crippen molar-refractivity contribution in [3.8, 4) is 17.1 Å². The van der Waals surface area contributed by atoms with Gasteiger partial charge in [-0.05, 0) is 72.9 Å². The first-order valence-electron chi connectivity index (χ1n) is 13.8. The quantitative estimate of drug-likeness (QED) is 0.209. The highest BCUT2D eigenvalue weighted by atomic mass is 32.2. The second kappa shape index (κ2) is 16.9. The van der Waals surface area contributed by atoms with Gasteiger partial charge in [0.25, 0.3) is 0 Å². The van der Waals surface area contributed by atoms with E-state index in [0.717, 1.165) is 33.7 Å². The summed E-state index contributed by atoms with van der Waals surface area (Å²) in [6.07, 6.45) is 0.857. The Bertz CT molecular complexity index is 1180. The Morgan fingerprint density at radius 3 is 2.15 bits per heavy atom. The number of carboxylic acids is 1. The largest absolute Gasteiger partial charge is 0.478 e. The van der Waals surface area contributed by atoms with Gasteiger partial charge in [0.1, 0.15) is 6.61 Å². The van der Waals surface area contributed by atoms with Crippen LogP contribution in [0.5, 0.6) is 5.88 Å².